The Morgan fingerprint density at radius 3 is 2.61 bits per heavy atom. The van der Waals surface area contributed by atoms with Crippen LogP contribution >= 0.6 is 0 Å². The third kappa shape index (κ3) is 4.52. The van der Waals surface area contributed by atoms with E-state index in [-0.39, 0.29) is 30.0 Å². The molecule has 2 heterocycles. The molecule has 1 amide bonds. The summed E-state index contributed by atoms with van der Waals surface area (Å²) in [5.74, 6) is -0.921. The van der Waals surface area contributed by atoms with Crippen molar-refractivity contribution in [2.45, 2.75) is 26.3 Å². The van der Waals surface area contributed by atoms with E-state index in [0.29, 0.717) is 16.9 Å². The Morgan fingerprint density at radius 1 is 1.12 bits per heavy atom. The van der Waals surface area contributed by atoms with E-state index in [9.17, 15) is 14.4 Å². The summed E-state index contributed by atoms with van der Waals surface area (Å²) in [6, 6.07) is 14.4. The van der Waals surface area contributed by atoms with Gasteiger partial charge in [-0.2, -0.15) is 0 Å². The molecule has 0 fully saturated rings. The maximum atomic E-state index is 12.8. The number of fused-ring (bicyclic) bond motifs is 1. The smallest absolute Gasteiger partial charge is 0.339 e. The minimum Gasteiger partial charge on any atom is -0.465 e. The lowest BCUT2D eigenvalue weighted by Crippen LogP contribution is -2.23. The Morgan fingerprint density at radius 2 is 1.88 bits per heavy atom. The van der Waals surface area contributed by atoms with Gasteiger partial charge in [-0.1, -0.05) is 48.5 Å². The lowest BCUT2D eigenvalue weighted by atomic mass is 10.1. The topological polar surface area (TPSA) is 116 Å². The highest BCUT2D eigenvalue weighted by Crippen LogP contribution is 2.25. The van der Waals surface area contributed by atoms with Crippen molar-refractivity contribution in [2.24, 2.45) is 0 Å². The lowest BCUT2D eigenvalue weighted by molar-refractivity contribution is -0.116. The number of aryl methyl sites for hydroxylation is 2. The molecule has 0 unspecified atom stereocenters. The highest BCUT2D eigenvalue weighted by molar-refractivity contribution is 6.01. The fourth-order valence-corrected chi connectivity index (χ4v) is 3.42. The summed E-state index contributed by atoms with van der Waals surface area (Å²) >= 11 is 0. The van der Waals surface area contributed by atoms with Crippen LogP contribution in [0, 0.1) is 0 Å². The van der Waals surface area contributed by atoms with E-state index in [1.807, 2.05) is 24.3 Å². The number of carbonyl (C=O) groups excluding carboxylic acids is 2. The van der Waals surface area contributed by atoms with Gasteiger partial charge in [0.15, 0.2) is 0 Å². The molecule has 1 N–H and O–H groups in total. The van der Waals surface area contributed by atoms with Gasteiger partial charge in [0.1, 0.15) is 11.2 Å². The van der Waals surface area contributed by atoms with Gasteiger partial charge in [-0.3, -0.25) is 14.2 Å². The maximum absolute atomic E-state index is 12.8. The third-order valence-corrected chi connectivity index (χ3v) is 5.27. The van der Waals surface area contributed by atoms with Gasteiger partial charge in [0.25, 0.3) is 11.1 Å². The zero-order valence-corrected chi connectivity index (χ0v) is 18.2. The summed E-state index contributed by atoms with van der Waals surface area (Å²) in [6.07, 6.45) is 2.29. The Kier molecular flexibility index (Phi) is 6.30. The number of amides is 1. The van der Waals surface area contributed by atoms with E-state index in [1.54, 1.807) is 24.3 Å². The van der Waals surface area contributed by atoms with Crippen molar-refractivity contribution in [3.63, 3.8) is 0 Å². The number of hydrogen-bond acceptors (Lipinski definition) is 7. The first-order valence-electron chi connectivity index (χ1n) is 10.4. The number of esters is 1. The van der Waals surface area contributed by atoms with Crippen LogP contribution in [0.3, 0.4) is 0 Å². The quantitative estimate of drug-likeness (QED) is 0.432. The van der Waals surface area contributed by atoms with Crippen molar-refractivity contribution >= 4 is 28.7 Å². The minimum absolute atomic E-state index is 0.0118. The molecule has 2 aromatic heterocycles. The summed E-state index contributed by atoms with van der Waals surface area (Å²) < 4.78 is 11.3. The number of aromatic nitrogens is 3. The first-order chi connectivity index (χ1) is 16.0. The van der Waals surface area contributed by atoms with Gasteiger partial charge in [-0.05, 0) is 24.1 Å². The second-order valence-corrected chi connectivity index (χ2v) is 7.34. The van der Waals surface area contributed by atoms with E-state index in [2.05, 4.69) is 22.4 Å². The minimum atomic E-state index is -0.553. The average molecular weight is 446 g/mol. The van der Waals surface area contributed by atoms with E-state index < -0.39 is 11.5 Å². The van der Waals surface area contributed by atoms with Crippen LogP contribution in [0.1, 0.15) is 29.3 Å². The number of rotatable bonds is 7. The van der Waals surface area contributed by atoms with Gasteiger partial charge >= 0.3 is 5.97 Å². The Hall–Kier alpha value is -4.27. The average Bonchev–Trinajstić information content (AvgIpc) is 3.28. The highest BCUT2D eigenvalue weighted by Gasteiger charge is 2.17. The van der Waals surface area contributed by atoms with Crippen molar-refractivity contribution in [2.75, 3.05) is 12.4 Å². The maximum Gasteiger partial charge on any atom is 0.339 e. The van der Waals surface area contributed by atoms with Gasteiger partial charge in [-0.25, -0.2) is 9.78 Å². The molecule has 9 nitrogen and oxygen atoms in total. The van der Waals surface area contributed by atoms with Crippen LogP contribution < -0.4 is 10.9 Å². The zero-order chi connectivity index (χ0) is 23.4. The number of carbonyl (C=O) groups is 2. The van der Waals surface area contributed by atoms with Crippen molar-refractivity contribution in [1.29, 1.82) is 0 Å². The number of nitrogens with one attached hydrogen (secondary N) is 1. The van der Waals surface area contributed by atoms with Crippen molar-refractivity contribution in [1.82, 2.24) is 14.7 Å². The van der Waals surface area contributed by atoms with Crippen LogP contribution in [0.2, 0.25) is 0 Å². The molecule has 0 radical (unpaired) electrons. The molecule has 0 aliphatic rings. The van der Waals surface area contributed by atoms with Crippen molar-refractivity contribution in [3.8, 4) is 11.3 Å². The molecule has 33 heavy (non-hydrogen) atoms. The standard InChI is InChI=1S/C24H22N4O5/c1-3-15-8-10-16(11-9-15)20-21-22(33-27-20)23(30)28(14-25-21)13-12-19(29)26-18-7-5-4-6-17(18)24(31)32-2/h4-11,14H,3,12-13H2,1-2H3,(H,26,29). The van der Waals surface area contributed by atoms with Crippen LogP contribution in [-0.4, -0.2) is 33.7 Å². The molecule has 0 saturated carbocycles. The molecule has 9 heteroatoms. The fraction of sp³-hybridized carbons (Fsp3) is 0.208. The normalized spacial score (nSPS) is 10.8. The van der Waals surface area contributed by atoms with Crippen LogP contribution in [0.4, 0.5) is 5.69 Å². The number of nitrogens with zero attached hydrogens (tertiary/aromatic N) is 3. The summed E-state index contributed by atoms with van der Waals surface area (Å²) in [5, 5.41) is 6.71. The number of hydrogen-bond donors (Lipinski definition) is 1. The second-order valence-electron chi connectivity index (χ2n) is 7.34. The molecule has 0 aliphatic heterocycles. The van der Waals surface area contributed by atoms with E-state index in [0.717, 1.165) is 12.0 Å². The lowest BCUT2D eigenvalue weighted by Gasteiger charge is -2.10. The predicted molar refractivity (Wildman–Crippen MR) is 122 cm³/mol. The first kappa shape index (κ1) is 21.9. The Bertz CT molecular complexity index is 1370. The fourth-order valence-electron chi connectivity index (χ4n) is 3.42. The molecule has 2 aromatic carbocycles. The zero-order valence-electron chi connectivity index (χ0n) is 18.2. The number of ether oxygens (including phenoxy) is 1. The van der Waals surface area contributed by atoms with Crippen LogP contribution in [0.5, 0.6) is 0 Å². The van der Waals surface area contributed by atoms with Crippen LogP contribution in [0.25, 0.3) is 22.4 Å². The van der Waals surface area contributed by atoms with Gasteiger partial charge in [-0.15, -0.1) is 0 Å². The summed E-state index contributed by atoms with van der Waals surface area (Å²) in [5.41, 5.74) is 3.05. The monoisotopic (exact) mass is 446 g/mol. The molecular formula is C24H22N4O5. The SMILES string of the molecule is CCc1ccc(-c2noc3c(=O)n(CCC(=O)Nc4ccccc4C(=O)OC)cnc23)cc1. The number of methoxy groups -OCH3 is 1. The molecule has 0 atom stereocenters. The first-order valence-corrected chi connectivity index (χ1v) is 10.4. The van der Waals surface area contributed by atoms with Crippen LogP contribution in [-0.2, 0) is 22.5 Å². The molecule has 0 saturated heterocycles. The van der Waals surface area contributed by atoms with Gasteiger partial charge in [0.05, 0.1) is 24.7 Å². The Labute approximate surface area is 189 Å². The summed E-state index contributed by atoms with van der Waals surface area (Å²) in [4.78, 5) is 41.5. The molecule has 4 aromatic rings. The highest BCUT2D eigenvalue weighted by atomic mass is 16.5. The van der Waals surface area contributed by atoms with Crippen molar-refractivity contribution < 1.29 is 18.8 Å². The molecule has 4 rings (SSSR count). The molecule has 0 aliphatic carbocycles. The van der Waals surface area contributed by atoms with Crippen LogP contribution in [0.15, 0.2) is 64.2 Å². The molecular weight excluding hydrogens is 424 g/mol. The van der Waals surface area contributed by atoms with Gasteiger partial charge < -0.3 is 14.6 Å². The largest absolute Gasteiger partial charge is 0.465 e. The Balaban J connectivity index is 1.50. The molecule has 0 bridgehead atoms. The number of anilines is 1. The molecule has 0 spiro atoms. The van der Waals surface area contributed by atoms with E-state index >= 15 is 0 Å². The van der Waals surface area contributed by atoms with Crippen molar-refractivity contribution in [3.05, 3.63) is 76.3 Å². The van der Waals surface area contributed by atoms with E-state index in [1.165, 1.54) is 23.6 Å². The number of benzene rings is 2. The van der Waals surface area contributed by atoms with E-state index in [4.69, 9.17) is 9.26 Å². The molecule has 168 valence electrons. The second kappa shape index (κ2) is 9.47. The predicted octanol–water partition coefficient (Wildman–Crippen LogP) is 3.43. The summed E-state index contributed by atoms with van der Waals surface area (Å²) in [6.45, 7) is 2.15. The third-order valence-electron chi connectivity index (χ3n) is 5.27. The number of para-hydroxylation sites is 1. The van der Waals surface area contributed by atoms with Gasteiger partial charge in [0.2, 0.25) is 5.91 Å². The van der Waals surface area contributed by atoms with Gasteiger partial charge in [0, 0.05) is 18.5 Å². The summed E-state index contributed by atoms with van der Waals surface area (Å²) in [7, 11) is 1.27.